The van der Waals surface area contributed by atoms with E-state index in [1.807, 2.05) is 32.9 Å². The molecule has 1 saturated heterocycles. The Bertz CT molecular complexity index is 1120. The first-order chi connectivity index (χ1) is 13.8. The summed E-state index contributed by atoms with van der Waals surface area (Å²) in [5.41, 5.74) is 1.92. The standard InChI is InChI=1S/C19H23N7O2S/c1-14-11-15(2)26(23-14)19-12-18(21-16(3)22-19)24-7-9-25(10-8-24)29(27,28)17-5-4-6-20-13-17/h4-6,11-13H,7-10H2,1-3H3. The van der Waals surface area contributed by atoms with Gasteiger partial charge in [-0.2, -0.15) is 9.40 Å². The summed E-state index contributed by atoms with van der Waals surface area (Å²) in [6, 6.07) is 7.10. The molecule has 3 aromatic rings. The van der Waals surface area contributed by atoms with Crippen molar-refractivity contribution in [2.24, 2.45) is 0 Å². The third-order valence-electron chi connectivity index (χ3n) is 4.87. The van der Waals surface area contributed by atoms with Crippen LogP contribution in [0.2, 0.25) is 0 Å². The Morgan fingerprint density at radius 3 is 2.31 bits per heavy atom. The van der Waals surface area contributed by atoms with Crippen molar-refractivity contribution in [1.82, 2.24) is 29.0 Å². The monoisotopic (exact) mass is 413 g/mol. The predicted molar refractivity (Wildman–Crippen MR) is 109 cm³/mol. The quantitative estimate of drug-likeness (QED) is 0.639. The average molecular weight is 414 g/mol. The maximum atomic E-state index is 12.8. The zero-order valence-corrected chi connectivity index (χ0v) is 17.5. The highest BCUT2D eigenvalue weighted by atomic mass is 32.2. The van der Waals surface area contributed by atoms with Crippen molar-refractivity contribution in [3.05, 3.63) is 53.9 Å². The van der Waals surface area contributed by atoms with Gasteiger partial charge in [0.15, 0.2) is 5.82 Å². The van der Waals surface area contributed by atoms with Crippen molar-refractivity contribution in [3.8, 4) is 5.82 Å². The molecular weight excluding hydrogens is 390 g/mol. The molecule has 3 aromatic heterocycles. The Balaban J connectivity index is 1.54. The molecule has 1 fully saturated rings. The van der Waals surface area contributed by atoms with E-state index in [0.29, 0.717) is 37.8 Å². The number of hydrogen-bond acceptors (Lipinski definition) is 7. The van der Waals surface area contributed by atoms with Gasteiger partial charge in [0.1, 0.15) is 16.5 Å². The summed E-state index contributed by atoms with van der Waals surface area (Å²) in [7, 11) is -3.53. The third-order valence-corrected chi connectivity index (χ3v) is 6.75. The Kier molecular flexibility index (Phi) is 5.05. The lowest BCUT2D eigenvalue weighted by Gasteiger charge is -2.34. The lowest BCUT2D eigenvalue weighted by Crippen LogP contribution is -2.49. The second-order valence-electron chi connectivity index (χ2n) is 7.05. The number of sulfonamides is 1. The molecule has 0 saturated carbocycles. The maximum absolute atomic E-state index is 12.8. The van der Waals surface area contributed by atoms with Gasteiger partial charge in [0, 0.05) is 50.3 Å². The molecule has 0 amide bonds. The SMILES string of the molecule is Cc1cc(C)n(-c2cc(N3CCN(S(=O)(=O)c4cccnc4)CC3)nc(C)n2)n1. The first kappa shape index (κ1) is 19.5. The number of rotatable bonds is 4. The van der Waals surface area contributed by atoms with E-state index in [1.54, 1.807) is 23.0 Å². The fourth-order valence-corrected chi connectivity index (χ4v) is 4.86. The molecular formula is C19H23N7O2S. The summed E-state index contributed by atoms with van der Waals surface area (Å²) < 4.78 is 28.9. The van der Waals surface area contributed by atoms with Crippen LogP contribution in [0.25, 0.3) is 5.82 Å². The second kappa shape index (κ2) is 7.53. The first-order valence-electron chi connectivity index (χ1n) is 9.39. The topological polar surface area (TPSA) is 97.1 Å². The molecule has 0 aliphatic carbocycles. The summed E-state index contributed by atoms with van der Waals surface area (Å²) in [5, 5.41) is 4.50. The van der Waals surface area contributed by atoms with Gasteiger partial charge < -0.3 is 4.90 Å². The van der Waals surface area contributed by atoms with Crippen molar-refractivity contribution < 1.29 is 8.42 Å². The van der Waals surface area contributed by atoms with Gasteiger partial charge in [-0.1, -0.05) is 0 Å². The number of hydrogen-bond donors (Lipinski definition) is 0. The largest absolute Gasteiger partial charge is 0.354 e. The van der Waals surface area contributed by atoms with Crippen LogP contribution >= 0.6 is 0 Å². The Hall–Kier alpha value is -2.85. The van der Waals surface area contributed by atoms with Crippen LogP contribution in [0.1, 0.15) is 17.2 Å². The Morgan fingerprint density at radius 2 is 1.69 bits per heavy atom. The zero-order valence-electron chi connectivity index (χ0n) is 16.6. The summed E-state index contributed by atoms with van der Waals surface area (Å²) in [5.74, 6) is 2.14. The van der Waals surface area contributed by atoms with Crippen molar-refractivity contribution >= 4 is 15.8 Å². The van der Waals surface area contributed by atoms with E-state index in [-0.39, 0.29) is 4.90 Å². The van der Waals surface area contributed by atoms with Crippen LogP contribution in [0.5, 0.6) is 0 Å². The van der Waals surface area contributed by atoms with Gasteiger partial charge in [-0.25, -0.2) is 23.1 Å². The first-order valence-corrected chi connectivity index (χ1v) is 10.8. The number of pyridine rings is 1. The van der Waals surface area contributed by atoms with Crippen molar-refractivity contribution in [2.45, 2.75) is 25.7 Å². The van der Waals surface area contributed by atoms with Crippen LogP contribution in [0.4, 0.5) is 5.82 Å². The normalized spacial score (nSPS) is 15.6. The molecule has 0 bridgehead atoms. The Labute approximate surface area is 170 Å². The van der Waals surface area contributed by atoms with Gasteiger partial charge in [0.05, 0.1) is 5.69 Å². The number of aryl methyl sites for hydroxylation is 3. The summed E-state index contributed by atoms with van der Waals surface area (Å²) in [6.45, 7) is 7.64. The molecule has 1 aliphatic rings. The number of anilines is 1. The summed E-state index contributed by atoms with van der Waals surface area (Å²) in [4.78, 5) is 15.3. The molecule has 0 atom stereocenters. The Morgan fingerprint density at radius 1 is 0.966 bits per heavy atom. The number of nitrogens with zero attached hydrogens (tertiary/aromatic N) is 7. The molecule has 0 N–H and O–H groups in total. The molecule has 4 heterocycles. The smallest absolute Gasteiger partial charge is 0.244 e. The van der Waals surface area contributed by atoms with Gasteiger partial charge in [-0.3, -0.25) is 4.98 Å². The van der Waals surface area contributed by atoms with Gasteiger partial charge >= 0.3 is 0 Å². The highest BCUT2D eigenvalue weighted by Gasteiger charge is 2.29. The highest BCUT2D eigenvalue weighted by Crippen LogP contribution is 2.21. The van der Waals surface area contributed by atoms with Crippen LogP contribution in [0.15, 0.2) is 41.6 Å². The fraction of sp³-hybridized carbons (Fsp3) is 0.368. The maximum Gasteiger partial charge on any atom is 0.244 e. The molecule has 29 heavy (non-hydrogen) atoms. The minimum Gasteiger partial charge on any atom is -0.354 e. The minimum absolute atomic E-state index is 0.221. The molecule has 0 radical (unpaired) electrons. The van der Waals surface area contributed by atoms with E-state index in [0.717, 1.165) is 17.2 Å². The molecule has 1 aliphatic heterocycles. The lowest BCUT2D eigenvalue weighted by molar-refractivity contribution is 0.383. The summed E-state index contributed by atoms with van der Waals surface area (Å²) in [6.07, 6.45) is 2.95. The van der Waals surface area contributed by atoms with E-state index in [9.17, 15) is 8.42 Å². The molecule has 4 rings (SSSR count). The van der Waals surface area contributed by atoms with Gasteiger partial charge in [0.2, 0.25) is 10.0 Å². The van der Waals surface area contributed by atoms with Crippen LogP contribution in [0.3, 0.4) is 0 Å². The predicted octanol–water partition coefficient (Wildman–Crippen LogP) is 1.49. The highest BCUT2D eigenvalue weighted by molar-refractivity contribution is 7.89. The number of aromatic nitrogens is 5. The molecule has 0 spiro atoms. The van der Waals surface area contributed by atoms with E-state index >= 15 is 0 Å². The van der Waals surface area contributed by atoms with E-state index in [1.165, 1.54) is 10.5 Å². The number of piperazine rings is 1. The van der Waals surface area contributed by atoms with E-state index < -0.39 is 10.0 Å². The summed E-state index contributed by atoms with van der Waals surface area (Å²) >= 11 is 0. The molecule has 152 valence electrons. The lowest BCUT2D eigenvalue weighted by atomic mass is 10.3. The minimum atomic E-state index is -3.53. The average Bonchev–Trinajstić information content (AvgIpc) is 3.06. The molecule has 9 nitrogen and oxygen atoms in total. The van der Waals surface area contributed by atoms with Crippen LogP contribution in [-0.4, -0.2) is 63.6 Å². The zero-order chi connectivity index (χ0) is 20.6. The van der Waals surface area contributed by atoms with Crippen molar-refractivity contribution in [2.75, 3.05) is 31.1 Å². The van der Waals surface area contributed by atoms with Crippen LogP contribution in [-0.2, 0) is 10.0 Å². The molecule has 0 aromatic carbocycles. The van der Waals surface area contributed by atoms with Crippen LogP contribution < -0.4 is 4.90 Å². The van der Waals surface area contributed by atoms with Gasteiger partial charge in [-0.05, 0) is 39.0 Å². The van der Waals surface area contributed by atoms with Gasteiger partial charge in [0.25, 0.3) is 0 Å². The van der Waals surface area contributed by atoms with Crippen molar-refractivity contribution in [3.63, 3.8) is 0 Å². The van der Waals surface area contributed by atoms with Crippen LogP contribution in [0, 0.1) is 20.8 Å². The van der Waals surface area contributed by atoms with E-state index in [2.05, 4.69) is 25.0 Å². The van der Waals surface area contributed by atoms with E-state index in [4.69, 9.17) is 0 Å². The molecule has 0 unspecified atom stereocenters. The second-order valence-corrected chi connectivity index (χ2v) is 8.99. The fourth-order valence-electron chi connectivity index (χ4n) is 3.47. The van der Waals surface area contributed by atoms with Gasteiger partial charge in [-0.15, -0.1) is 0 Å². The molecule has 10 heteroatoms. The third kappa shape index (κ3) is 3.85. The van der Waals surface area contributed by atoms with Crippen molar-refractivity contribution in [1.29, 1.82) is 0 Å².